The van der Waals surface area contributed by atoms with Crippen LogP contribution in [-0.2, 0) is 9.53 Å². The van der Waals surface area contributed by atoms with Gasteiger partial charge in [0.1, 0.15) is 29.4 Å². The van der Waals surface area contributed by atoms with Gasteiger partial charge in [0, 0.05) is 38.3 Å². The number of phenols is 1. The number of phenolic OH excluding ortho intramolecular Hbond substituents is 1. The molecule has 3 aliphatic rings. The van der Waals surface area contributed by atoms with Crippen LogP contribution in [0.3, 0.4) is 0 Å². The van der Waals surface area contributed by atoms with E-state index < -0.39 is 11.9 Å². The van der Waals surface area contributed by atoms with E-state index >= 15 is 4.39 Å². The van der Waals surface area contributed by atoms with Crippen LogP contribution < -0.4 is 9.64 Å². The number of hydrogen-bond donors (Lipinski definition) is 1. The van der Waals surface area contributed by atoms with Crippen molar-refractivity contribution >= 4 is 28.4 Å². The van der Waals surface area contributed by atoms with Gasteiger partial charge in [-0.15, -0.1) is 0 Å². The summed E-state index contributed by atoms with van der Waals surface area (Å²) in [7, 11) is 0. The third kappa shape index (κ3) is 4.01. The first-order chi connectivity index (χ1) is 18.5. The van der Waals surface area contributed by atoms with Gasteiger partial charge in [-0.3, -0.25) is 9.59 Å². The first-order valence-corrected chi connectivity index (χ1v) is 12.6. The molecule has 1 atom stereocenters. The van der Waals surface area contributed by atoms with Gasteiger partial charge in [0.25, 0.3) is 5.91 Å². The Balaban J connectivity index is 1.52. The number of amides is 2. The standard InChI is InChI=1S/C28H27FN4O5/c1-2-22(35)32-7-8-33-18(15-32)16-38-26-23(28(33)36)27(31-9-11-37-12-10-31)30-25(24(26)29)21-14-19(34)13-17-5-3-4-6-20(17)21/h2-6,13-14,18,34H,1,7-12,15-16H2/t18-/m1/s1. The molecule has 2 fully saturated rings. The number of benzene rings is 2. The van der Waals surface area contributed by atoms with Crippen molar-refractivity contribution in [1.82, 2.24) is 14.8 Å². The van der Waals surface area contributed by atoms with Crippen molar-refractivity contribution in [3.8, 4) is 22.8 Å². The Morgan fingerprint density at radius 1 is 1.16 bits per heavy atom. The zero-order valence-electron chi connectivity index (χ0n) is 20.7. The van der Waals surface area contributed by atoms with Crippen LogP contribution >= 0.6 is 0 Å². The van der Waals surface area contributed by atoms with Crippen LogP contribution in [0.15, 0.2) is 49.1 Å². The third-order valence-electron chi connectivity index (χ3n) is 7.35. The average molecular weight is 519 g/mol. The van der Waals surface area contributed by atoms with E-state index in [-0.39, 0.29) is 54.3 Å². The Morgan fingerprint density at radius 3 is 2.74 bits per heavy atom. The summed E-state index contributed by atoms with van der Waals surface area (Å²) in [6, 6.07) is 9.97. The van der Waals surface area contributed by atoms with Crippen LogP contribution in [0.4, 0.5) is 10.2 Å². The molecule has 0 unspecified atom stereocenters. The molecule has 0 bridgehead atoms. The lowest BCUT2D eigenvalue weighted by Crippen LogP contribution is -2.57. The van der Waals surface area contributed by atoms with Gasteiger partial charge in [0.05, 0.1) is 19.3 Å². The SMILES string of the molecule is C=CC(=O)N1CCN2C(=O)c3c(N4CCOCC4)nc(-c4cc(O)cc5ccccc45)c(F)c3OC[C@H]2C1. The van der Waals surface area contributed by atoms with Crippen LogP contribution in [0, 0.1) is 5.82 Å². The summed E-state index contributed by atoms with van der Waals surface area (Å²) in [4.78, 5) is 36.1. The van der Waals surface area contributed by atoms with Crippen molar-refractivity contribution in [1.29, 1.82) is 0 Å². The molecule has 3 aliphatic heterocycles. The minimum Gasteiger partial charge on any atom is -0.508 e. The number of pyridine rings is 1. The number of fused-ring (bicyclic) bond motifs is 3. The minimum absolute atomic E-state index is 0.00604. The normalized spacial score (nSPS) is 19.4. The van der Waals surface area contributed by atoms with Crippen LogP contribution in [-0.4, -0.2) is 90.3 Å². The second kappa shape index (κ2) is 9.60. The molecule has 6 rings (SSSR count). The highest BCUT2D eigenvalue weighted by molar-refractivity contribution is 6.04. The number of halogens is 1. The van der Waals surface area contributed by atoms with Crippen molar-refractivity contribution < 1.29 is 28.6 Å². The van der Waals surface area contributed by atoms with Gasteiger partial charge in [0.15, 0.2) is 11.6 Å². The fraction of sp³-hybridized carbons (Fsp3) is 0.321. The molecule has 0 spiro atoms. The highest BCUT2D eigenvalue weighted by atomic mass is 19.1. The molecular weight excluding hydrogens is 491 g/mol. The molecule has 0 aliphatic carbocycles. The number of hydrogen-bond acceptors (Lipinski definition) is 7. The highest BCUT2D eigenvalue weighted by Crippen LogP contribution is 2.42. The maximum absolute atomic E-state index is 16.4. The molecule has 2 saturated heterocycles. The molecule has 0 saturated carbocycles. The van der Waals surface area contributed by atoms with Crippen molar-refractivity contribution in [3.63, 3.8) is 0 Å². The van der Waals surface area contributed by atoms with Crippen LogP contribution in [0.1, 0.15) is 10.4 Å². The van der Waals surface area contributed by atoms with E-state index in [9.17, 15) is 14.7 Å². The summed E-state index contributed by atoms with van der Waals surface area (Å²) in [6.07, 6.45) is 1.25. The quantitative estimate of drug-likeness (QED) is 0.533. The molecule has 3 aromatic rings. The molecule has 196 valence electrons. The van der Waals surface area contributed by atoms with E-state index in [2.05, 4.69) is 6.58 Å². The first kappa shape index (κ1) is 24.2. The number of morpholine rings is 1. The van der Waals surface area contributed by atoms with E-state index in [1.54, 1.807) is 15.9 Å². The van der Waals surface area contributed by atoms with E-state index in [1.807, 2.05) is 29.2 Å². The van der Waals surface area contributed by atoms with Crippen molar-refractivity contribution in [2.45, 2.75) is 6.04 Å². The predicted octanol–water partition coefficient (Wildman–Crippen LogP) is 2.81. The van der Waals surface area contributed by atoms with E-state index in [0.29, 0.717) is 49.6 Å². The summed E-state index contributed by atoms with van der Waals surface area (Å²) in [5, 5.41) is 11.9. The number of piperazine rings is 1. The maximum Gasteiger partial charge on any atom is 0.262 e. The fourth-order valence-corrected chi connectivity index (χ4v) is 5.45. The van der Waals surface area contributed by atoms with Gasteiger partial charge in [0.2, 0.25) is 5.91 Å². The molecule has 2 amide bonds. The summed E-state index contributed by atoms with van der Waals surface area (Å²) in [5.41, 5.74) is 0.466. The summed E-state index contributed by atoms with van der Waals surface area (Å²) < 4.78 is 27.9. The van der Waals surface area contributed by atoms with Gasteiger partial charge in [-0.05, 0) is 29.0 Å². The molecule has 0 radical (unpaired) electrons. The highest BCUT2D eigenvalue weighted by Gasteiger charge is 2.41. The summed E-state index contributed by atoms with van der Waals surface area (Å²) >= 11 is 0. The molecule has 1 N–H and O–H groups in total. The van der Waals surface area contributed by atoms with Gasteiger partial charge in [-0.2, -0.15) is 0 Å². The number of carbonyl (C=O) groups excluding carboxylic acids is 2. The number of aromatic hydroxyl groups is 1. The molecule has 1 aromatic heterocycles. The van der Waals surface area contributed by atoms with Crippen LogP contribution in [0.25, 0.3) is 22.0 Å². The van der Waals surface area contributed by atoms with Gasteiger partial charge >= 0.3 is 0 Å². The lowest BCUT2D eigenvalue weighted by atomic mass is 9.99. The monoisotopic (exact) mass is 518 g/mol. The van der Waals surface area contributed by atoms with Gasteiger partial charge in [-0.25, -0.2) is 9.37 Å². The van der Waals surface area contributed by atoms with Crippen molar-refractivity contribution in [2.75, 3.05) is 57.4 Å². The zero-order valence-corrected chi connectivity index (χ0v) is 20.7. The van der Waals surface area contributed by atoms with E-state index in [4.69, 9.17) is 14.5 Å². The number of ether oxygens (including phenoxy) is 2. The Hall–Kier alpha value is -4.18. The van der Waals surface area contributed by atoms with E-state index in [1.165, 1.54) is 12.1 Å². The second-order valence-corrected chi connectivity index (χ2v) is 9.57. The molecule has 4 heterocycles. The minimum atomic E-state index is -0.764. The Labute approximate surface area is 218 Å². The zero-order chi connectivity index (χ0) is 26.4. The molecule has 9 nitrogen and oxygen atoms in total. The van der Waals surface area contributed by atoms with Crippen molar-refractivity contribution in [2.24, 2.45) is 0 Å². The number of nitrogens with zero attached hydrogens (tertiary/aromatic N) is 4. The average Bonchev–Trinajstić information content (AvgIpc) is 3.09. The van der Waals surface area contributed by atoms with Gasteiger partial charge in [-0.1, -0.05) is 30.8 Å². The molecule has 10 heteroatoms. The maximum atomic E-state index is 16.4. The number of rotatable bonds is 3. The lowest BCUT2D eigenvalue weighted by molar-refractivity contribution is -0.128. The summed E-state index contributed by atoms with van der Waals surface area (Å²) in [6.45, 7) is 6.30. The molecular formula is C28H27FN4O5. The molecule has 38 heavy (non-hydrogen) atoms. The first-order valence-electron chi connectivity index (χ1n) is 12.6. The second-order valence-electron chi connectivity index (χ2n) is 9.57. The summed E-state index contributed by atoms with van der Waals surface area (Å²) in [5.74, 6) is -1.23. The predicted molar refractivity (Wildman–Crippen MR) is 139 cm³/mol. The van der Waals surface area contributed by atoms with Gasteiger partial charge < -0.3 is 29.3 Å². The number of carbonyl (C=O) groups is 2. The lowest BCUT2D eigenvalue weighted by Gasteiger charge is -2.39. The largest absolute Gasteiger partial charge is 0.508 e. The number of aromatic nitrogens is 1. The fourth-order valence-electron chi connectivity index (χ4n) is 5.45. The Bertz CT molecular complexity index is 1450. The topological polar surface area (TPSA) is 95.4 Å². The van der Waals surface area contributed by atoms with Crippen LogP contribution in [0.5, 0.6) is 11.5 Å². The smallest absolute Gasteiger partial charge is 0.262 e. The molecule has 2 aromatic carbocycles. The Kier molecular flexibility index (Phi) is 6.11. The Morgan fingerprint density at radius 2 is 1.95 bits per heavy atom. The number of anilines is 1. The van der Waals surface area contributed by atoms with Crippen molar-refractivity contribution in [3.05, 3.63) is 60.4 Å². The van der Waals surface area contributed by atoms with E-state index in [0.717, 1.165) is 5.39 Å². The van der Waals surface area contributed by atoms with Crippen LogP contribution in [0.2, 0.25) is 0 Å². The third-order valence-corrected chi connectivity index (χ3v) is 7.35.